The molecule has 0 aliphatic carbocycles. The van der Waals surface area contributed by atoms with Crippen molar-refractivity contribution >= 4 is 11.8 Å². The number of β-amino-alcohol motifs (C(OH)–C–C–N with tert-alkyl or cyclic N) is 1. The largest absolute Gasteiger partial charge is 0.460 e. The summed E-state index contributed by atoms with van der Waals surface area (Å²) < 4.78 is 23.9. The zero-order chi connectivity index (χ0) is 18.1. The third-order valence-corrected chi connectivity index (χ3v) is 3.24. The topological polar surface area (TPSA) is 102 Å². The highest BCUT2D eigenvalue weighted by Crippen LogP contribution is 2.29. The molecule has 1 atom stereocenters. The molecule has 9 heteroatoms. The molecule has 1 aliphatic rings. The van der Waals surface area contributed by atoms with E-state index < -0.39 is 33.9 Å². The molecule has 0 spiro atoms. The van der Waals surface area contributed by atoms with E-state index >= 15 is 0 Å². The summed E-state index contributed by atoms with van der Waals surface area (Å²) in [5, 5.41) is 21.2. The Morgan fingerprint density at radius 1 is 1.42 bits per heavy atom. The second-order valence-corrected chi connectivity index (χ2v) is 6.60. The summed E-state index contributed by atoms with van der Waals surface area (Å²) in [5.41, 5.74) is -1.17. The van der Waals surface area contributed by atoms with Crippen LogP contribution in [0.1, 0.15) is 27.2 Å². The molecule has 1 heterocycles. The van der Waals surface area contributed by atoms with Crippen molar-refractivity contribution in [2.75, 3.05) is 13.1 Å². The number of benzene rings is 1. The molecule has 132 valence electrons. The van der Waals surface area contributed by atoms with Crippen molar-refractivity contribution < 1.29 is 28.7 Å². The average Bonchev–Trinajstić information content (AvgIpc) is 2.78. The number of carbonyl (C=O) groups excluding carboxylic acids is 1. The van der Waals surface area contributed by atoms with E-state index in [-0.39, 0.29) is 25.3 Å². The Labute approximate surface area is 137 Å². The lowest BCUT2D eigenvalue weighted by molar-refractivity contribution is -0.385. The van der Waals surface area contributed by atoms with Crippen molar-refractivity contribution in [3.05, 3.63) is 34.1 Å². The standard InChI is InChI=1S/C15H19FN2O6/c1-14(2,3)24-13(19)17-5-4-15(20,9-17)23-12-7-10(16)6-11(8-12)18(21)22/h6-8,20H,4-5,9H2,1-3H3. The van der Waals surface area contributed by atoms with E-state index in [9.17, 15) is 24.4 Å². The first-order chi connectivity index (χ1) is 11.0. The van der Waals surface area contributed by atoms with Crippen LogP contribution in [0.5, 0.6) is 5.75 Å². The SMILES string of the molecule is CC(C)(C)OC(=O)N1CCC(O)(Oc2cc(F)cc([N+](=O)[O-])c2)C1. The first-order valence-electron chi connectivity index (χ1n) is 7.32. The average molecular weight is 342 g/mol. The summed E-state index contributed by atoms with van der Waals surface area (Å²) in [4.78, 5) is 23.2. The van der Waals surface area contributed by atoms with Crippen LogP contribution in [0.2, 0.25) is 0 Å². The van der Waals surface area contributed by atoms with Gasteiger partial charge in [-0.25, -0.2) is 9.18 Å². The number of hydrogen-bond acceptors (Lipinski definition) is 6. The minimum Gasteiger partial charge on any atom is -0.460 e. The third-order valence-electron chi connectivity index (χ3n) is 3.24. The number of nitro groups is 1. The van der Waals surface area contributed by atoms with Crippen LogP contribution in [-0.4, -0.2) is 45.5 Å². The van der Waals surface area contributed by atoms with Crippen LogP contribution in [0, 0.1) is 15.9 Å². The number of carbonyl (C=O) groups is 1. The van der Waals surface area contributed by atoms with E-state index in [1.807, 2.05) is 0 Å². The van der Waals surface area contributed by atoms with Gasteiger partial charge >= 0.3 is 6.09 Å². The quantitative estimate of drug-likeness (QED) is 0.514. The molecule has 0 radical (unpaired) electrons. The maximum atomic E-state index is 13.4. The van der Waals surface area contributed by atoms with Crippen LogP contribution in [0.4, 0.5) is 14.9 Å². The Morgan fingerprint density at radius 3 is 2.67 bits per heavy atom. The van der Waals surface area contributed by atoms with E-state index in [0.29, 0.717) is 0 Å². The maximum Gasteiger partial charge on any atom is 0.410 e. The first-order valence-corrected chi connectivity index (χ1v) is 7.32. The van der Waals surface area contributed by atoms with Crippen molar-refractivity contribution in [2.45, 2.75) is 38.6 Å². The van der Waals surface area contributed by atoms with Gasteiger partial charge in [-0.2, -0.15) is 0 Å². The van der Waals surface area contributed by atoms with Crippen molar-refractivity contribution in [3.8, 4) is 5.75 Å². The lowest BCUT2D eigenvalue weighted by Crippen LogP contribution is -2.42. The fraction of sp³-hybridized carbons (Fsp3) is 0.533. The summed E-state index contributed by atoms with van der Waals surface area (Å²) in [6, 6.07) is 2.69. The number of likely N-dealkylation sites (tertiary alicyclic amines) is 1. The van der Waals surface area contributed by atoms with Crippen LogP contribution in [-0.2, 0) is 4.74 Å². The van der Waals surface area contributed by atoms with Crippen LogP contribution in [0.3, 0.4) is 0 Å². The number of non-ortho nitro benzene ring substituents is 1. The summed E-state index contributed by atoms with van der Waals surface area (Å²) >= 11 is 0. The number of rotatable bonds is 3. The van der Waals surface area contributed by atoms with Crippen molar-refractivity contribution in [3.63, 3.8) is 0 Å². The summed E-state index contributed by atoms with van der Waals surface area (Å²) in [6.07, 6.45) is -0.538. The Hall–Kier alpha value is -2.42. The number of halogens is 1. The van der Waals surface area contributed by atoms with E-state index in [2.05, 4.69) is 0 Å². The smallest absolute Gasteiger partial charge is 0.410 e. The van der Waals surface area contributed by atoms with Gasteiger partial charge in [0.1, 0.15) is 17.2 Å². The molecule has 8 nitrogen and oxygen atoms in total. The molecule has 2 rings (SSSR count). The Morgan fingerprint density at radius 2 is 2.08 bits per heavy atom. The van der Waals surface area contributed by atoms with E-state index in [4.69, 9.17) is 9.47 Å². The predicted molar refractivity (Wildman–Crippen MR) is 81.1 cm³/mol. The minimum atomic E-state index is -1.77. The van der Waals surface area contributed by atoms with Gasteiger partial charge in [0.15, 0.2) is 0 Å². The van der Waals surface area contributed by atoms with Crippen molar-refractivity contribution in [2.24, 2.45) is 0 Å². The highest BCUT2D eigenvalue weighted by Gasteiger charge is 2.42. The maximum absolute atomic E-state index is 13.4. The molecule has 1 amide bonds. The van der Waals surface area contributed by atoms with Gasteiger partial charge in [0.25, 0.3) is 5.69 Å². The van der Waals surface area contributed by atoms with Crippen molar-refractivity contribution in [1.82, 2.24) is 4.90 Å². The second-order valence-electron chi connectivity index (χ2n) is 6.60. The molecule has 1 fully saturated rings. The molecule has 1 saturated heterocycles. The first kappa shape index (κ1) is 17.9. The zero-order valence-corrected chi connectivity index (χ0v) is 13.6. The number of hydrogen-bond donors (Lipinski definition) is 1. The zero-order valence-electron chi connectivity index (χ0n) is 13.6. The molecule has 1 N–H and O–H groups in total. The molecular formula is C15H19FN2O6. The molecular weight excluding hydrogens is 323 g/mol. The van der Waals surface area contributed by atoms with Gasteiger partial charge in [-0.15, -0.1) is 0 Å². The van der Waals surface area contributed by atoms with Gasteiger partial charge in [-0.05, 0) is 20.8 Å². The van der Waals surface area contributed by atoms with Gasteiger partial charge in [0.05, 0.1) is 23.6 Å². The molecule has 0 bridgehead atoms. The number of aliphatic hydroxyl groups is 1. The summed E-state index contributed by atoms with van der Waals surface area (Å²) in [6.45, 7) is 5.15. The molecule has 1 aromatic carbocycles. The van der Waals surface area contributed by atoms with Crippen molar-refractivity contribution in [1.29, 1.82) is 0 Å². The number of nitro benzene ring substituents is 1. The highest BCUT2D eigenvalue weighted by molar-refractivity contribution is 5.68. The van der Waals surface area contributed by atoms with Crippen LogP contribution < -0.4 is 4.74 Å². The molecule has 1 aliphatic heterocycles. The number of amides is 1. The predicted octanol–water partition coefficient (Wildman–Crippen LogP) is 2.44. The molecule has 0 aromatic heterocycles. The Bertz CT molecular complexity index is 660. The molecule has 24 heavy (non-hydrogen) atoms. The Kier molecular flexibility index (Phi) is 4.66. The number of ether oxygens (including phenoxy) is 2. The van der Waals surface area contributed by atoms with Gasteiger partial charge in [-0.3, -0.25) is 10.1 Å². The molecule has 1 aromatic rings. The number of nitrogens with zero attached hydrogens (tertiary/aromatic N) is 2. The van der Waals surface area contributed by atoms with E-state index in [1.165, 1.54) is 4.90 Å². The summed E-state index contributed by atoms with van der Waals surface area (Å²) in [7, 11) is 0. The monoisotopic (exact) mass is 342 g/mol. The lowest BCUT2D eigenvalue weighted by atomic mass is 10.2. The lowest BCUT2D eigenvalue weighted by Gasteiger charge is -2.26. The second kappa shape index (κ2) is 6.23. The third kappa shape index (κ3) is 4.54. The highest BCUT2D eigenvalue weighted by atomic mass is 19.1. The van der Waals surface area contributed by atoms with Gasteiger partial charge in [0, 0.05) is 19.0 Å². The fourth-order valence-electron chi connectivity index (χ4n) is 2.26. The van der Waals surface area contributed by atoms with Gasteiger partial charge in [-0.1, -0.05) is 0 Å². The van der Waals surface area contributed by atoms with E-state index in [1.54, 1.807) is 20.8 Å². The normalized spacial score (nSPS) is 20.8. The fourth-order valence-corrected chi connectivity index (χ4v) is 2.26. The van der Waals surface area contributed by atoms with Crippen LogP contribution >= 0.6 is 0 Å². The van der Waals surface area contributed by atoms with Crippen LogP contribution in [0.15, 0.2) is 18.2 Å². The minimum absolute atomic E-state index is 0.0660. The van der Waals surface area contributed by atoms with Gasteiger partial charge in [0.2, 0.25) is 5.79 Å². The molecule has 0 saturated carbocycles. The van der Waals surface area contributed by atoms with Gasteiger partial charge < -0.3 is 19.5 Å². The van der Waals surface area contributed by atoms with Crippen LogP contribution in [0.25, 0.3) is 0 Å². The van der Waals surface area contributed by atoms with E-state index in [0.717, 1.165) is 18.2 Å². The molecule has 1 unspecified atom stereocenters. The summed E-state index contributed by atoms with van der Waals surface area (Å²) in [5.74, 6) is -2.81. The Balaban J connectivity index is 2.08.